The van der Waals surface area contributed by atoms with Gasteiger partial charge in [0, 0.05) is 39.8 Å². The maximum atomic E-state index is 12.3. The Morgan fingerprint density at radius 1 is 0.595 bits per heavy atom. The molecule has 0 unspecified atom stereocenters. The van der Waals surface area contributed by atoms with Crippen LogP contribution in [0.4, 0.5) is 5.69 Å². The SMILES string of the molecule is O=[N+]([O-])c1cc2c(ccn2-c2ccccc2)cc1-c1ccc2c(c1)c1ccccc1n2-c1ccccc1. The van der Waals surface area contributed by atoms with Crippen molar-refractivity contribution in [1.82, 2.24) is 9.13 Å². The van der Waals surface area contributed by atoms with Gasteiger partial charge in [0.15, 0.2) is 0 Å². The van der Waals surface area contributed by atoms with E-state index in [1.165, 1.54) is 0 Å². The highest BCUT2D eigenvalue weighted by Crippen LogP contribution is 2.39. The molecule has 0 atom stereocenters. The molecule has 0 N–H and O–H groups in total. The first kappa shape index (κ1) is 21.1. The molecule has 5 nitrogen and oxygen atoms in total. The fourth-order valence-corrected chi connectivity index (χ4v) is 5.36. The molecule has 7 aromatic rings. The second-order valence-corrected chi connectivity index (χ2v) is 9.13. The van der Waals surface area contributed by atoms with E-state index >= 15 is 0 Å². The molecule has 176 valence electrons. The maximum Gasteiger partial charge on any atom is 0.279 e. The van der Waals surface area contributed by atoms with Crippen molar-refractivity contribution in [2.24, 2.45) is 0 Å². The van der Waals surface area contributed by atoms with Crippen molar-refractivity contribution >= 4 is 38.4 Å². The average Bonchev–Trinajstić information content (AvgIpc) is 3.51. The minimum atomic E-state index is -0.283. The Bertz CT molecular complexity index is 1950. The monoisotopic (exact) mass is 479 g/mol. The molecule has 0 aliphatic rings. The zero-order valence-electron chi connectivity index (χ0n) is 19.8. The number of fused-ring (bicyclic) bond motifs is 4. The van der Waals surface area contributed by atoms with Crippen molar-refractivity contribution in [2.45, 2.75) is 0 Å². The number of nitro benzene ring substituents is 1. The Morgan fingerprint density at radius 3 is 2.03 bits per heavy atom. The highest BCUT2D eigenvalue weighted by Gasteiger charge is 2.20. The fourth-order valence-electron chi connectivity index (χ4n) is 5.36. The van der Waals surface area contributed by atoms with Crippen molar-refractivity contribution < 1.29 is 4.92 Å². The maximum absolute atomic E-state index is 12.3. The van der Waals surface area contributed by atoms with Gasteiger partial charge in [-0.3, -0.25) is 10.1 Å². The average molecular weight is 480 g/mol. The normalized spacial score (nSPS) is 11.5. The lowest BCUT2D eigenvalue weighted by atomic mass is 9.99. The summed E-state index contributed by atoms with van der Waals surface area (Å²) in [5.41, 5.74) is 6.55. The van der Waals surface area contributed by atoms with Gasteiger partial charge in [-0.25, -0.2) is 0 Å². The molecule has 7 rings (SSSR count). The van der Waals surface area contributed by atoms with Crippen LogP contribution in [0.2, 0.25) is 0 Å². The third-order valence-corrected chi connectivity index (χ3v) is 7.04. The van der Waals surface area contributed by atoms with Gasteiger partial charge in [-0.05, 0) is 60.2 Å². The smallest absolute Gasteiger partial charge is 0.279 e. The van der Waals surface area contributed by atoms with E-state index in [1.54, 1.807) is 6.07 Å². The van der Waals surface area contributed by atoms with Crippen LogP contribution < -0.4 is 0 Å². The van der Waals surface area contributed by atoms with Gasteiger partial charge in [0.1, 0.15) is 0 Å². The Kier molecular flexibility index (Phi) is 4.69. The summed E-state index contributed by atoms with van der Waals surface area (Å²) in [6, 6.07) is 40.2. The molecule has 37 heavy (non-hydrogen) atoms. The van der Waals surface area contributed by atoms with Crippen LogP contribution in [0.15, 0.2) is 128 Å². The highest BCUT2D eigenvalue weighted by atomic mass is 16.6. The van der Waals surface area contributed by atoms with Gasteiger partial charge in [-0.2, -0.15) is 0 Å². The Balaban J connectivity index is 1.47. The first-order chi connectivity index (χ1) is 18.2. The van der Waals surface area contributed by atoms with Gasteiger partial charge in [-0.1, -0.05) is 60.7 Å². The summed E-state index contributed by atoms with van der Waals surface area (Å²) in [4.78, 5) is 12.0. The molecule has 0 aliphatic heterocycles. The number of aromatic nitrogens is 2. The predicted octanol–water partition coefficient (Wildman–Crippen LogP) is 8.30. The van der Waals surface area contributed by atoms with Gasteiger partial charge < -0.3 is 9.13 Å². The molecule has 5 heteroatoms. The van der Waals surface area contributed by atoms with Crippen molar-refractivity contribution in [1.29, 1.82) is 0 Å². The highest BCUT2D eigenvalue weighted by molar-refractivity contribution is 6.11. The molecule has 5 aromatic carbocycles. The fraction of sp³-hybridized carbons (Fsp3) is 0. The van der Waals surface area contributed by atoms with E-state index < -0.39 is 0 Å². The molecule has 0 radical (unpaired) electrons. The minimum absolute atomic E-state index is 0.0922. The molecular formula is C32H21N3O2. The molecule has 2 heterocycles. The summed E-state index contributed by atoms with van der Waals surface area (Å²) in [6.07, 6.45) is 1.96. The van der Waals surface area contributed by atoms with Crippen LogP contribution >= 0.6 is 0 Å². The Hall–Kier alpha value is -5.16. The molecule has 0 spiro atoms. The molecule has 0 fully saturated rings. The summed E-state index contributed by atoms with van der Waals surface area (Å²) in [7, 11) is 0. The number of nitrogens with zero attached hydrogens (tertiary/aromatic N) is 3. The van der Waals surface area contributed by atoms with E-state index in [0.29, 0.717) is 5.56 Å². The van der Waals surface area contributed by atoms with E-state index in [2.05, 4.69) is 41.0 Å². The molecule has 0 saturated heterocycles. The second kappa shape index (κ2) is 8.21. The molecule has 0 amide bonds. The zero-order valence-corrected chi connectivity index (χ0v) is 19.8. The summed E-state index contributed by atoms with van der Waals surface area (Å²) < 4.78 is 4.23. The van der Waals surface area contributed by atoms with Crippen LogP contribution in [0.1, 0.15) is 0 Å². The molecule has 0 aliphatic carbocycles. The van der Waals surface area contributed by atoms with Gasteiger partial charge in [0.2, 0.25) is 0 Å². The number of hydrogen-bond donors (Lipinski definition) is 0. The number of benzene rings is 5. The van der Waals surface area contributed by atoms with Crippen molar-refractivity contribution in [2.75, 3.05) is 0 Å². The van der Waals surface area contributed by atoms with Crippen LogP contribution in [0.3, 0.4) is 0 Å². The summed E-state index contributed by atoms with van der Waals surface area (Å²) in [5.74, 6) is 0. The van der Waals surface area contributed by atoms with Crippen molar-refractivity contribution in [3.8, 4) is 22.5 Å². The number of hydrogen-bond acceptors (Lipinski definition) is 2. The first-order valence-electron chi connectivity index (χ1n) is 12.1. The Labute approximate surface area is 212 Å². The van der Waals surface area contributed by atoms with E-state index in [9.17, 15) is 10.1 Å². The van der Waals surface area contributed by atoms with Crippen LogP contribution in [-0.4, -0.2) is 14.1 Å². The third kappa shape index (κ3) is 3.32. The molecular weight excluding hydrogens is 458 g/mol. The van der Waals surface area contributed by atoms with E-state index in [-0.39, 0.29) is 10.6 Å². The van der Waals surface area contributed by atoms with Gasteiger partial charge in [0.05, 0.1) is 27.0 Å². The van der Waals surface area contributed by atoms with Crippen molar-refractivity contribution in [3.63, 3.8) is 0 Å². The van der Waals surface area contributed by atoms with Gasteiger partial charge in [-0.15, -0.1) is 0 Å². The lowest BCUT2D eigenvalue weighted by molar-refractivity contribution is -0.384. The predicted molar refractivity (Wildman–Crippen MR) is 150 cm³/mol. The summed E-state index contributed by atoms with van der Waals surface area (Å²) in [5, 5.41) is 15.4. The standard InChI is InChI=1S/C32H21N3O2/c36-35(37)32-21-31-23(17-18-33(31)24-9-3-1-4-10-24)20-27(32)22-15-16-30-28(19-22)26-13-7-8-14-29(26)34(30)25-11-5-2-6-12-25/h1-21H. The largest absolute Gasteiger partial charge is 0.316 e. The number of rotatable bonds is 4. The number of para-hydroxylation sites is 3. The zero-order chi connectivity index (χ0) is 24.9. The summed E-state index contributed by atoms with van der Waals surface area (Å²) >= 11 is 0. The Morgan fingerprint density at radius 2 is 1.27 bits per heavy atom. The first-order valence-corrected chi connectivity index (χ1v) is 12.1. The van der Waals surface area contributed by atoms with Crippen LogP contribution in [0, 0.1) is 10.1 Å². The van der Waals surface area contributed by atoms with Crippen LogP contribution in [0.5, 0.6) is 0 Å². The lowest BCUT2D eigenvalue weighted by Crippen LogP contribution is -1.96. The summed E-state index contributed by atoms with van der Waals surface area (Å²) in [6.45, 7) is 0. The van der Waals surface area contributed by atoms with Crippen LogP contribution in [-0.2, 0) is 0 Å². The van der Waals surface area contributed by atoms with Crippen molar-refractivity contribution in [3.05, 3.63) is 138 Å². The third-order valence-electron chi connectivity index (χ3n) is 7.04. The van der Waals surface area contributed by atoms with E-state index in [0.717, 1.165) is 49.6 Å². The number of nitro groups is 1. The van der Waals surface area contributed by atoms with E-state index in [1.807, 2.05) is 89.6 Å². The lowest BCUT2D eigenvalue weighted by Gasteiger charge is -2.09. The molecule has 2 aromatic heterocycles. The molecule has 0 saturated carbocycles. The van der Waals surface area contributed by atoms with Gasteiger partial charge >= 0.3 is 0 Å². The second-order valence-electron chi connectivity index (χ2n) is 9.13. The van der Waals surface area contributed by atoms with E-state index in [4.69, 9.17) is 0 Å². The topological polar surface area (TPSA) is 53.0 Å². The van der Waals surface area contributed by atoms with Crippen LogP contribution in [0.25, 0.3) is 55.2 Å². The molecule has 0 bridgehead atoms. The van der Waals surface area contributed by atoms with Gasteiger partial charge in [0.25, 0.3) is 5.69 Å². The minimum Gasteiger partial charge on any atom is -0.316 e. The quantitative estimate of drug-likeness (QED) is 0.188.